The number of benzene rings is 4. The van der Waals surface area contributed by atoms with Gasteiger partial charge in [0.25, 0.3) is 0 Å². The van der Waals surface area contributed by atoms with Crippen molar-refractivity contribution in [3.05, 3.63) is 83.9 Å². The van der Waals surface area contributed by atoms with Gasteiger partial charge in [-0.3, -0.25) is 4.99 Å². The minimum Gasteiger partial charge on any atom is -0.266 e. The SMILES string of the molecule is Cc1cccc(C)c1N=C1[Si]2(C([Si](C)(C)C)([Si](C)(C)C)CCC2([Si](C)(C)C)[Si](C)(C)C)[Si@@]1(c1c2ccccc2cc2ccccc12)C(C)(C)C. The molecule has 0 amide bonds. The molecule has 6 rings (SSSR count). The maximum Gasteiger partial charge on any atom is 0.136 e. The summed E-state index contributed by atoms with van der Waals surface area (Å²) in [7, 11) is -12.4. The molecule has 0 aromatic heterocycles. The van der Waals surface area contributed by atoms with Gasteiger partial charge in [-0.05, 0) is 76.3 Å². The van der Waals surface area contributed by atoms with Crippen LogP contribution in [-0.2, 0) is 0 Å². The fourth-order valence-corrected chi connectivity index (χ4v) is 108. The first-order valence-electron chi connectivity index (χ1n) is 19.4. The summed E-state index contributed by atoms with van der Waals surface area (Å²) in [6.45, 7) is 46.8. The van der Waals surface area contributed by atoms with E-state index in [0.717, 1.165) is 0 Å². The van der Waals surface area contributed by atoms with Crippen LogP contribution in [0.2, 0.25) is 92.2 Å². The van der Waals surface area contributed by atoms with Crippen LogP contribution < -0.4 is 5.19 Å². The van der Waals surface area contributed by atoms with E-state index < -0.39 is 47.5 Å². The molecule has 2 aliphatic heterocycles. The summed E-state index contributed by atoms with van der Waals surface area (Å²) < 4.78 is 0.890. The third-order valence-electron chi connectivity index (χ3n) is 14.4. The predicted octanol–water partition coefficient (Wildman–Crippen LogP) is 13.2. The lowest BCUT2D eigenvalue weighted by Gasteiger charge is -2.63. The average Bonchev–Trinajstić information content (AvgIpc) is 3.37. The first kappa shape index (κ1) is 38.1. The van der Waals surface area contributed by atoms with Gasteiger partial charge in [0.15, 0.2) is 0 Å². The van der Waals surface area contributed by atoms with Gasteiger partial charge >= 0.3 is 0 Å². The van der Waals surface area contributed by atoms with Crippen molar-refractivity contribution >= 4 is 84.9 Å². The number of nitrogens with zero attached hydrogens (tertiary/aromatic N) is 1. The summed E-state index contributed by atoms with van der Waals surface area (Å²) >= 11 is 0. The molecule has 7 heteroatoms. The second-order valence-corrected chi connectivity index (χ2v) is 58.5. The zero-order valence-corrected chi connectivity index (χ0v) is 40.8. The van der Waals surface area contributed by atoms with Crippen molar-refractivity contribution in [1.29, 1.82) is 0 Å². The minimum absolute atomic E-state index is 0.112. The molecule has 4 aromatic carbocycles. The minimum atomic E-state index is -2.62. The summed E-state index contributed by atoms with van der Waals surface area (Å²) in [5.41, 5.74) is 4.00. The molecule has 4 aromatic rings. The number of aliphatic imine (C=N–C) groups is 1. The highest BCUT2D eigenvalue weighted by Gasteiger charge is 2.99. The van der Waals surface area contributed by atoms with Gasteiger partial charge in [-0.2, -0.15) is 0 Å². The van der Waals surface area contributed by atoms with E-state index in [-0.39, 0.29) is 5.04 Å². The van der Waals surface area contributed by atoms with Crippen LogP contribution in [0.4, 0.5) is 5.69 Å². The average molecular weight is 767 g/mol. The van der Waals surface area contributed by atoms with Crippen LogP contribution in [0.25, 0.3) is 21.5 Å². The molecule has 268 valence electrons. The Bertz CT molecular complexity index is 1880. The molecule has 1 spiro atoms. The van der Waals surface area contributed by atoms with Crippen molar-refractivity contribution in [3.63, 3.8) is 0 Å². The molecule has 0 N–H and O–H groups in total. The number of rotatable bonds is 6. The molecule has 2 heterocycles. The topological polar surface area (TPSA) is 12.4 Å². The van der Waals surface area contributed by atoms with Crippen molar-refractivity contribution in [2.45, 2.75) is 140 Å². The van der Waals surface area contributed by atoms with Crippen molar-refractivity contribution in [3.8, 4) is 0 Å². The van der Waals surface area contributed by atoms with E-state index in [2.05, 4.69) is 186 Å². The number of fused-ring (bicyclic) bond motifs is 2. The van der Waals surface area contributed by atoms with Crippen LogP contribution in [0.1, 0.15) is 44.7 Å². The maximum atomic E-state index is 6.49. The van der Waals surface area contributed by atoms with Gasteiger partial charge in [0.2, 0.25) is 0 Å². The molecule has 0 saturated carbocycles. The van der Waals surface area contributed by atoms with E-state index in [0.29, 0.717) is 8.57 Å². The molecule has 0 radical (unpaired) electrons. The van der Waals surface area contributed by atoms with Crippen LogP contribution in [0.5, 0.6) is 0 Å². The molecule has 0 unspecified atom stereocenters. The van der Waals surface area contributed by atoms with Crippen molar-refractivity contribution in [1.82, 2.24) is 0 Å². The third kappa shape index (κ3) is 4.52. The van der Waals surface area contributed by atoms with Crippen molar-refractivity contribution in [2.24, 2.45) is 4.99 Å². The van der Waals surface area contributed by atoms with E-state index in [4.69, 9.17) is 4.99 Å². The second-order valence-electron chi connectivity index (χ2n) is 21.5. The van der Waals surface area contributed by atoms with E-state index in [1.165, 1.54) is 40.4 Å². The van der Waals surface area contributed by atoms with Gasteiger partial charge in [-0.1, -0.05) is 179 Å². The van der Waals surface area contributed by atoms with Crippen LogP contribution in [0.15, 0.2) is 77.8 Å². The number of hydrogen-bond donors (Lipinski definition) is 0. The van der Waals surface area contributed by atoms with Gasteiger partial charge < -0.3 is 0 Å². The Labute approximate surface area is 311 Å². The quantitative estimate of drug-likeness (QED) is 0.137. The molecule has 0 bridgehead atoms. The largest absolute Gasteiger partial charge is 0.266 e. The van der Waals surface area contributed by atoms with Gasteiger partial charge in [0.05, 0.1) is 5.69 Å². The van der Waals surface area contributed by atoms with Gasteiger partial charge in [-0.25, -0.2) is 0 Å². The molecule has 2 saturated heterocycles. The summed E-state index contributed by atoms with van der Waals surface area (Å²) in [5, 5.41) is 7.84. The summed E-state index contributed by atoms with van der Waals surface area (Å²) in [6.07, 6.45) is 2.91. The lowest BCUT2D eigenvalue weighted by molar-refractivity contribution is 0.748. The Hall–Kier alpha value is -1.63. The molecular weight excluding hydrogens is 699 g/mol. The molecule has 2 fully saturated rings. The zero-order valence-electron chi connectivity index (χ0n) is 34.8. The Kier molecular flexibility index (Phi) is 8.72. The predicted molar refractivity (Wildman–Crippen MR) is 243 cm³/mol. The third-order valence-corrected chi connectivity index (χ3v) is 71.9. The highest BCUT2D eigenvalue weighted by Crippen LogP contribution is 2.86. The van der Waals surface area contributed by atoms with Gasteiger partial charge in [-0.15, -0.1) is 0 Å². The summed E-state index contributed by atoms with van der Waals surface area (Å²) in [5.74, 6) is 0. The monoisotopic (exact) mass is 765 g/mol. The Balaban J connectivity index is 2.06. The molecule has 50 heavy (non-hydrogen) atoms. The fourth-order valence-electron chi connectivity index (χ4n) is 13.8. The Morgan fingerprint density at radius 2 is 0.940 bits per heavy atom. The number of hydrogen-bond acceptors (Lipinski definition) is 1. The standard InChI is InChI=1S/C43H67NSi6/c1-32-23-22-24-33(2)38(32)44-40-49(41(3,4)5,39-36-27-20-18-25-34(36)31-35-26-19-21-28-37(35)39)50(40)42(45(6,7)8,46(9,10)11)29-30-43(50,47(12,13)14)48(15,16)17/h18-28,31H,29-30H2,1-17H3/t49-/m1/s1. The Morgan fingerprint density at radius 3 is 1.30 bits per heavy atom. The van der Waals surface area contributed by atoms with Crippen molar-refractivity contribution < 1.29 is 0 Å². The first-order valence-corrected chi connectivity index (χ1v) is 38.4. The molecule has 2 aliphatic rings. The zero-order chi connectivity index (χ0) is 37.3. The van der Waals surface area contributed by atoms with Crippen LogP contribution in [-0.4, -0.2) is 52.4 Å². The van der Waals surface area contributed by atoms with Crippen molar-refractivity contribution in [2.75, 3.05) is 0 Å². The molecule has 1 nitrogen and oxygen atoms in total. The lowest BCUT2D eigenvalue weighted by Crippen LogP contribution is -2.76. The summed E-state index contributed by atoms with van der Waals surface area (Å²) in [4.78, 5) is 8.34. The highest BCUT2D eigenvalue weighted by atomic mass is 29.3. The van der Waals surface area contributed by atoms with Gasteiger partial charge in [0, 0.05) is 32.3 Å². The lowest BCUT2D eigenvalue weighted by atomic mass is 10.0. The number of para-hydroxylation sites is 1. The summed E-state index contributed by atoms with van der Waals surface area (Å²) in [6, 6.07) is 28.5. The first-order chi connectivity index (χ1) is 22.8. The highest BCUT2D eigenvalue weighted by molar-refractivity contribution is 7.97. The smallest absolute Gasteiger partial charge is 0.136 e. The second kappa shape index (κ2) is 11.4. The number of aryl methyl sites for hydroxylation is 2. The van der Waals surface area contributed by atoms with Gasteiger partial charge in [0.1, 0.15) is 15.2 Å². The molecular formula is C43H67NSi6. The van der Waals surface area contributed by atoms with E-state index >= 15 is 0 Å². The fraction of sp³-hybridized carbons (Fsp3) is 0.512. The molecule has 0 aliphatic carbocycles. The Morgan fingerprint density at radius 1 is 0.560 bits per heavy atom. The van der Waals surface area contributed by atoms with E-state index in [9.17, 15) is 0 Å². The van der Waals surface area contributed by atoms with E-state index in [1.54, 1.807) is 16.0 Å². The normalized spacial score (nSPS) is 22.9. The van der Waals surface area contributed by atoms with Crippen LogP contribution in [0, 0.1) is 13.8 Å². The van der Waals surface area contributed by atoms with Crippen LogP contribution >= 0.6 is 0 Å². The molecule has 1 atom stereocenters. The maximum absolute atomic E-state index is 6.49. The van der Waals surface area contributed by atoms with E-state index in [1.807, 2.05) is 4.96 Å². The van der Waals surface area contributed by atoms with Crippen LogP contribution in [0.3, 0.4) is 0 Å².